The number of nitro groups is 1. The summed E-state index contributed by atoms with van der Waals surface area (Å²) in [7, 11) is 3.17. The summed E-state index contributed by atoms with van der Waals surface area (Å²) < 4.78 is 16.2. The third kappa shape index (κ3) is 5.75. The topological polar surface area (TPSA) is 99.9 Å². The van der Waals surface area contributed by atoms with Crippen LogP contribution in [-0.2, 0) is 11.2 Å². The van der Waals surface area contributed by atoms with Crippen molar-refractivity contribution in [3.63, 3.8) is 0 Å². The molecule has 3 rings (SSSR count). The monoisotopic (exact) mass is 436 g/mol. The zero-order chi connectivity index (χ0) is 22.9. The third-order valence-corrected chi connectivity index (χ3v) is 4.84. The number of nitrogens with zero attached hydrogens (tertiary/aromatic N) is 1. The van der Waals surface area contributed by atoms with Crippen molar-refractivity contribution in [2.24, 2.45) is 0 Å². The summed E-state index contributed by atoms with van der Waals surface area (Å²) in [6.45, 7) is 0.209. The zero-order valence-electron chi connectivity index (χ0n) is 17.9. The van der Waals surface area contributed by atoms with Gasteiger partial charge in [0, 0.05) is 24.2 Å². The first-order valence-corrected chi connectivity index (χ1v) is 9.96. The van der Waals surface area contributed by atoms with Crippen LogP contribution < -0.4 is 19.5 Å². The first kappa shape index (κ1) is 22.6. The van der Waals surface area contributed by atoms with E-state index in [0.29, 0.717) is 35.6 Å². The highest BCUT2D eigenvalue weighted by atomic mass is 16.6. The van der Waals surface area contributed by atoms with Crippen LogP contribution in [0.15, 0.2) is 66.7 Å². The van der Waals surface area contributed by atoms with E-state index in [4.69, 9.17) is 14.2 Å². The molecule has 0 aliphatic heterocycles. The number of amides is 1. The van der Waals surface area contributed by atoms with Crippen LogP contribution >= 0.6 is 0 Å². The lowest BCUT2D eigenvalue weighted by molar-refractivity contribution is -0.384. The Morgan fingerprint density at radius 2 is 1.72 bits per heavy atom. The van der Waals surface area contributed by atoms with E-state index < -0.39 is 4.92 Å². The molecule has 0 saturated carbocycles. The Kier molecular flexibility index (Phi) is 7.64. The van der Waals surface area contributed by atoms with Crippen molar-refractivity contribution >= 4 is 11.6 Å². The smallest absolute Gasteiger partial charge is 0.270 e. The van der Waals surface area contributed by atoms with Gasteiger partial charge in [-0.2, -0.15) is 0 Å². The van der Waals surface area contributed by atoms with E-state index >= 15 is 0 Å². The second-order valence-electron chi connectivity index (χ2n) is 6.87. The predicted octanol–water partition coefficient (Wildman–Crippen LogP) is 4.02. The summed E-state index contributed by atoms with van der Waals surface area (Å²) in [6.07, 6.45) is 0.615. The molecule has 0 aliphatic rings. The largest absolute Gasteiger partial charge is 0.497 e. The van der Waals surface area contributed by atoms with Gasteiger partial charge in [-0.1, -0.05) is 30.3 Å². The van der Waals surface area contributed by atoms with E-state index in [0.717, 1.165) is 11.3 Å². The Bertz CT molecular complexity index is 1080. The van der Waals surface area contributed by atoms with E-state index in [-0.39, 0.29) is 18.2 Å². The maximum absolute atomic E-state index is 12.3. The van der Waals surface area contributed by atoms with Crippen LogP contribution in [0.2, 0.25) is 0 Å². The van der Waals surface area contributed by atoms with Gasteiger partial charge >= 0.3 is 0 Å². The average Bonchev–Trinajstić information content (AvgIpc) is 2.83. The Balaban J connectivity index is 1.65. The number of rotatable bonds is 10. The quantitative estimate of drug-likeness (QED) is 0.381. The molecule has 0 saturated heterocycles. The van der Waals surface area contributed by atoms with Crippen LogP contribution in [0.4, 0.5) is 5.69 Å². The SMILES string of the molecule is COc1ccc(-c2cc([N+](=O)[O-])ccc2OCC(=O)NCCc2ccccc2OC)cc1. The number of para-hydroxylation sites is 1. The molecule has 0 atom stereocenters. The fourth-order valence-corrected chi connectivity index (χ4v) is 3.19. The van der Waals surface area contributed by atoms with Crippen molar-refractivity contribution in [2.45, 2.75) is 6.42 Å². The Hall–Kier alpha value is -4.07. The number of ether oxygens (including phenoxy) is 3. The summed E-state index contributed by atoms with van der Waals surface area (Å²) in [5, 5.41) is 14.0. The number of non-ortho nitro benzene ring substituents is 1. The Morgan fingerprint density at radius 1 is 0.969 bits per heavy atom. The molecular formula is C24H24N2O6. The number of hydrogen-bond donors (Lipinski definition) is 1. The minimum atomic E-state index is -0.471. The molecule has 0 bridgehead atoms. The average molecular weight is 436 g/mol. The molecule has 0 unspecified atom stereocenters. The van der Waals surface area contributed by atoms with Gasteiger partial charge in [-0.15, -0.1) is 0 Å². The predicted molar refractivity (Wildman–Crippen MR) is 120 cm³/mol. The molecule has 0 aliphatic carbocycles. The number of nitro benzene ring substituents is 1. The van der Waals surface area contributed by atoms with E-state index in [1.165, 1.54) is 18.2 Å². The zero-order valence-corrected chi connectivity index (χ0v) is 17.9. The van der Waals surface area contributed by atoms with Gasteiger partial charge in [-0.05, 0) is 41.8 Å². The number of carbonyl (C=O) groups excluding carboxylic acids is 1. The van der Waals surface area contributed by atoms with E-state index in [1.54, 1.807) is 38.5 Å². The molecule has 1 N–H and O–H groups in total. The third-order valence-electron chi connectivity index (χ3n) is 4.84. The second kappa shape index (κ2) is 10.8. The summed E-state index contributed by atoms with van der Waals surface area (Å²) in [5.74, 6) is 1.52. The molecule has 3 aromatic rings. The van der Waals surface area contributed by atoms with E-state index in [9.17, 15) is 14.9 Å². The summed E-state index contributed by atoms with van der Waals surface area (Å²) in [5.41, 5.74) is 2.16. The minimum Gasteiger partial charge on any atom is -0.497 e. The van der Waals surface area contributed by atoms with Gasteiger partial charge in [0.15, 0.2) is 6.61 Å². The van der Waals surface area contributed by atoms with Crippen molar-refractivity contribution in [2.75, 3.05) is 27.4 Å². The van der Waals surface area contributed by atoms with Gasteiger partial charge in [0.2, 0.25) is 0 Å². The van der Waals surface area contributed by atoms with Crippen molar-refractivity contribution in [3.05, 3.63) is 82.4 Å². The number of hydrogen-bond acceptors (Lipinski definition) is 6. The van der Waals surface area contributed by atoms with Crippen LogP contribution in [0.25, 0.3) is 11.1 Å². The van der Waals surface area contributed by atoms with Gasteiger partial charge in [0.1, 0.15) is 17.2 Å². The lowest BCUT2D eigenvalue weighted by Crippen LogP contribution is -2.30. The highest BCUT2D eigenvalue weighted by Gasteiger charge is 2.15. The number of nitrogens with one attached hydrogen (secondary N) is 1. The molecule has 3 aromatic carbocycles. The van der Waals surface area contributed by atoms with Crippen LogP contribution in [0, 0.1) is 10.1 Å². The molecule has 1 amide bonds. The standard InChI is InChI=1S/C24H24N2O6/c1-30-20-10-7-17(8-11-20)21-15-19(26(28)29)9-12-23(21)32-16-24(27)25-14-13-18-5-3-4-6-22(18)31-2/h3-12,15H,13-14,16H2,1-2H3,(H,25,27). The van der Waals surface area contributed by atoms with Crippen molar-refractivity contribution < 1.29 is 23.9 Å². The van der Waals surface area contributed by atoms with Crippen molar-refractivity contribution in [1.29, 1.82) is 0 Å². The first-order valence-electron chi connectivity index (χ1n) is 9.96. The molecule has 0 radical (unpaired) electrons. The van der Waals surface area contributed by atoms with Crippen LogP contribution in [0.1, 0.15) is 5.56 Å². The fraction of sp³-hybridized carbons (Fsp3) is 0.208. The number of methoxy groups -OCH3 is 2. The van der Waals surface area contributed by atoms with E-state index in [1.807, 2.05) is 24.3 Å². The molecule has 0 heterocycles. The van der Waals surface area contributed by atoms with Crippen LogP contribution in [-0.4, -0.2) is 38.2 Å². The Morgan fingerprint density at radius 3 is 2.41 bits per heavy atom. The fourth-order valence-electron chi connectivity index (χ4n) is 3.19. The molecule has 8 nitrogen and oxygen atoms in total. The minimum absolute atomic E-state index is 0.0653. The lowest BCUT2D eigenvalue weighted by Gasteiger charge is -2.13. The normalized spacial score (nSPS) is 10.3. The first-order chi connectivity index (χ1) is 15.5. The Labute approximate surface area is 185 Å². The second-order valence-corrected chi connectivity index (χ2v) is 6.87. The molecular weight excluding hydrogens is 412 g/mol. The maximum atomic E-state index is 12.3. The van der Waals surface area contributed by atoms with E-state index in [2.05, 4.69) is 5.32 Å². The van der Waals surface area contributed by atoms with Gasteiger partial charge in [-0.3, -0.25) is 14.9 Å². The van der Waals surface area contributed by atoms with Crippen LogP contribution in [0.3, 0.4) is 0 Å². The molecule has 0 spiro atoms. The molecule has 32 heavy (non-hydrogen) atoms. The van der Waals surface area contributed by atoms with Crippen LogP contribution in [0.5, 0.6) is 17.2 Å². The van der Waals surface area contributed by atoms with Gasteiger partial charge in [0.05, 0.1) is 19.1 Å². The van der Waals surface area contributed by atoms with Gasteiger partial charge in [0.25, 0.3) is 11.6 Å². The number of benzene rings is 3. The van der Waals surface area contributed by atoms with Crippen molar-refractivity contribution in [1.82, 2.24) is 5.32 Å². The maximum Gasteiger partial charge on any atom is 0.270 e. The van der Waals surface area contributed by atoms with Gasteiger partial charge in [-0.25, -0.2) is 0 Å². The molecule has 166 valence electrons. The van der Waals surface area contributed by atoms with Gasteiger partial charge < -0.3 is 19.5 Å². The lowest BCUT2D eigenvalue weighted by atomic mass is 10.0. The summed E-state index contributed by atoms with van der Waals surface area (Å²) in [4.78, 5) is 23.0. The summed E-state index contributed by atoms with van der Waals surface area (Å²) >= 11 is 0. The highest BCUT2D eigenvalue weighted by molar-refractivity contribution is 5.78. The number of carbonyl (C=O) groups is 1. The highest BCUT2D eigenvalue weighted by Crippen LogP contribution is 2.34. The summed E-state index contributed by atoms with van der Waals surface area (Å²) in [6, 6.07) is 19.0. The molecule has 8 heteroatoms. The van der Waals surface area contributed by atoms with Crippen molar-refractivity contribution in [3.8, 4) is 28.4 Å². The molecule has 0 aromatic heterocycles. The molecule has 0 fully saturated rings.